The molecule has 1 heterocycles. The third-order valence-corrected chi connectivity index (χ3v) is 3.12. The van der Waals surface area contributed by atoms with Gasteiger partial charge in [-0.05, 0) is 38.0 Å². The highest BCUT2D eigenvalue weighted by molar-refractivity contribution is 5.80. The first-order chi connectivity index (χ1) is 10.1. The molecule has 0 fully saturated rings. The summed E-state index contributed by atoms with van der Waals surface area (Å²) >= 11 is 0. The second-order valence-electron chi connectivity index (χ2n) is 5.02. The minimum absolute atomic E-state index is 0.0952. The topological polar surface area (TPSA) is 56.1 Å². The van der Waals surface area contributed by atoms with E-state index in [4.69, 9.17) is 4.74 Å². The van der Waals surface area contributed by atoms with Gasteiger partial charge in [0.2, 0.25) is 0 Å². The zero-order valence-electron chi connectivity index (χ0n) is 12.5. The van der Waals surface area contributed by atoms with E-state index in [0.29, 0.717) is 6.54 Å². The van der Waals surface area contributed by atoms with Crippen molar-refractivity contribution in [3.05, 3.63) is 48.5 Å². The predicted molar refractivity (Wildman–Crippen MR) is 81.1 cm³/mol. The average Bonchev–Trinajstić information content (AvgIpc) is 2.96. The third kappa shape index (κ3) is 4.95. The lowest BCUT2D eigenvalue weighted by Crippen LogP contribution is -2.37. The Balaban J connectivity index is 1.70. The lowest BCUT2D eigenvalue weighted by molar-refractivity contribution is -0.127. The van der Waals surface area contributed by atoms with Crippen LogP contribution in [0.5, 0.6) is 5.75 Å². The molecule has 21 heavy (non-hydrogen) atoms. The Bertz CT molecular complexity index is 567. The number of carbonyl (C=O) groups is 1. The van der Waals surface area contributed by atoms with Crippen molar-refractivity contribution in [1.29, 1.82) is 0 Å². The Kier molecular flexibility index (Phi) is 5.37. The Hall–Kier alpha value is -2.30. The number of aryl methyl sites for hydroxylation is 2. The fourth-order valence-corrected chi connectivity index (χ4v) is 1.98. The molecule has 0 aliphatic carbocycles. The van der Waals surface area contributed by atoms with Crippen molar-refractivity contribution < 1.29 is 9.53 Å². The van der Waals surface area contributed by atoms with Crippen LogP contribution in [0.1, 0.15) is 18.9 Å². The Morgan fingerprint density at radius 2 is 2.33 bits per heavy atom. The van der Waals surface area contributed by atoms with Gasteiger partial charge < -0.3 is 14.6 Å². The number of nitrogens with one attached hydrogen (secondary N) is 1. The van der Waals surface area contributed by atoms with Crippen molar-refractivity contribution in [2.45, 2.75) is 32.9 Å². The average molecular weight is 287 g/mol. The molecule has 5 nitrogen and oxygen atoms in total. The van der Waals surface area contributed by atoms with Gasteiger partial charge in [0.1, 0.15) is 5.75 Å². The van der Waals surface area contributed by atoms with Crippen LogP contribution in [0.15, 0.2) is 43.0 Å². The Morgan fingerprint density at radius 3 is 3.05 bits per heavy atom. The van der Waals surface area contributed by atoms with Crippen molar-refractivity contribution in [3.63, 3.8) is 0 Å². The molecule has 1 aromatic heterocycles. The van der Waals surface area contributed by atoms with Crippen LogP contribution in [0.2, 0.25) is 0 Å². The van der Waals surface area contributed by atoms with Crippen molar-refractivity contribution in [2.75, 3.05) is 6.54 Å². The molecule has 0 aliphatic rings. The second-order valence-corrected chi connectivity index (χ2v) is 5.02. The molecule has 1 N–H and O–H groups in total. The van der Waals surface area contributed by atoms with Gasteiger partial charge in [-0.1, -0.05) is 12.1 Å². The van der Waals surface area contributed by atoms with Gasteiger partial charge in [-0.3, -0.25) is 4.79 Å². The first-order valence-electron chi connectivity index (χ1n) is 7.12. The van der Waals surface area contributed by atoms with E-state index < -0.39 is 6.10 Å². The number of hydrogen-bond acceptors (Lipinski definition) is 3. The molecular weight excluding hydrogens is 266 g/mol. The van der Waals surface area contributed by atoms with E-state index in [1.54, 1.807) is 19.4 Å². The lowest BCUT2D eigenvalue weighted by atomic mass is 10.2. The number of imidazole rings is 1. The van der Waals surface area contributed by atoms with Gasteiger partial charge in [-0.15, -0.1) is 0 Å². The van der Waals surface area contributed by atoms with Gasteiger partial charge in [-0.25, -0.2) is 4.98 Å². The molecule has 2 aromatic rings. The molecule has 112 valence electrons. The number of ether oxygens (including phenoxy) is 1. The highest BCUT2D eigenvalue weighted by Crippen LogP contribution is 2.14. The zero-order chi connectivity index (χ0) is 15.1. The summed E-state index contributed by atoms with van der Waals surface area (Å²) in [4.78, 5) is 15.9. The standard InChI is InChI=1S/C16H21N3O2/c1-13-5-3-6-15(11-13)21-14(2)16(20)18-7-4-9-19-10-8-17-12-19/h3,5-6,8,10-12,14H,4,7,9H2,1-2H3,(H,18,20). The number of benzene rings is 1. The quantitative estimate of drug-likeness (QED) is 0.794. The van der Waals surface area contributed by atoms with Crippen LogP contribution in [-0.4, -0.2) is 28.1 Å². The predicted octanol–water partition coefficient (Wildman–Crippen LogP) is 2.17. The number of amides is 1. The highest BCUT2D eigenvalue weighted by Gasteiger charge is 2.13. The summed E-state index contributed by atoms with van der Waals surface area (Å²) in [5.41, 5.74) is 1.11. The van der Waals surface area contributed by atoms with E-state index in [9.17, 15) is 4.79 Å². The molecule has 0 saturated heterocycles. The molecule has 0 aliphatic heterocycles. The van der Waals surface area contributed by atoms with E-state index in [2.05, 4.69) is 10.3 Å². The van der Waals surface area contributed by atoms with Crippen LogP contribution >= 0.6 is 0 Å². The van der Waals surface area contributed by atoms with Gasteiger partial charge in [0, 0.05) is 25.5 Å². The molecular formula is C16H21N3O2. The largest absolute Gasteiger partial charge is 0.481 e. The lowest BCUT2D eigenvalue weighted by Gasteiger charge is -2.15. The third-order valence-electron chi connectivity index (χ3n) is 3.12. The number of hydrogen-bond donors (Lipinski definition) is 1. The number of aromatic nitrogens is 2. The SMILES string of the molecule is Cc1cccc(OC(C)C(=O)NCCCn2ccnc2)c1. The van der Waals surface area contributed by atoms with Gasteiger partial charge in [-0.2, -0.15) is 0 Å². The van der Waals surface area contributed by atoms with E-state index in [-0.39, 0.29) is 5.91 Å². The minimum Gasteiger partial charge on any atom is -0.481 e. The summed E-state index contributed by atoms with van der Waals surface area (Å²) in [6.07, 6.45) is 5.78. The maximum atomic E-state index is 11.9. The van der Waals surface area contributed by atoms with E-state index in [1.165, 1.54) is 0 Å². The molecule has 1 aromatic carbocycles. The summed E-state index contributed by atoms with van der Waals surface area (Å²) < 4.78 is 7.62. The maximum absolute atomic E-state index is 11.9. The summed E-state index contributed by atoms with van der Waals surface area (Å²) in [5, 5.41) is 2.88. The summed E-state index contributed by atoms with van der Waals surface area (Å²) in [6.45, 7) is 5.22. The number of nitrogens with zero attached hydrogens (tertiary/aromatic N) is 2. The first-order valence-corrected chi connectivity index (χ1v) is 7.12. The van der Waals surface area contributed by atoms with E-state index >= 15 is 0 Å². The summed E-state index contributed by atoms with van der Waals surface area (Å²) in [6, 6.07) is 7.69. The monoisotopic (exact) mass is 287 g/mol. The van der Waals surface area contributed by atoms with Crippen molar-refractivity contribution in [2.24, 2.45) is 0 Å². The molecule has 2 rings (SSSR count). The fraction of sp³-hybridized carbons (Fsp3) is 0.375. The van der Waals surface area contributed by atoms with Crippen LogP contribution in [0.4, 0.5) is 0 Å². The Morgan fingerprint density at radius 1 is 1.48 bits per heavy atom. The number of rotatable bonds is 7. The molecule has 5 heteroatoms. The molecule has 1 amide bonds. The van der Waals surface area contributed by atoms with Crippen molar-refractivity contribution >= 4 is 5.91 Å². The van der Waals surface area contributed by atoms with Crippen molar-refractivity contribution in [1.82, 2.24) is 14.9 Å². The van der Waals surface area contributed by atoms with Gasteiger partial charge in [0.15, 0.2) is 6.10 Å². The van der Waals surface area contributed by atoms with Gasteiger partial charge in [0.25, 0.3) is 5.91 Å². The van der Waals surface area contributed by atoms with Crippen LogP contribution in [0.3, 0.4) is 0 Å². The fourth-order valence-electron chi connectivity index (χ4n) is 1.98. The summed E-state index contributed by atoms with van der Waals surface area (Å²) in [7, 11) is 0. The molecule has 1 atom stereocenters. The molecule has 1 unspecified atom stereocenters. The van der Waals surface area contributed by atoms with Gasteiger partial charge >= 0.3 is 0 Å². The summed E-state index contributed by atoms with van der Waals surface area (Å²) in [5.74, 6) is 0.623. The van der Waals surface area contributed by atoms with Crippen LogP contribution < -0.4 is 10.1 Å². The van der Waals surface area contributed by atoms with E-state index in [1.807, 2.05) is 42.0 Å². The van der Waals surface area contributed by atoms with Crippen LogP contribution in [0, 0.1) is 6.92 Å². The minimum atomic E-state index is -0.500. The normalized spacial score (nSPS) is 11.9. The number of carbonyl (C=O) groups excluding carboxylic acids is 1. The maximum Gasteiger partial charge on any atom is 0.260 e. The molecule has 0 bridgehead atoms. The smallest absolute Gasteiger partial charge is 0.260 e. The molecule has 0 radical (unpaired) electrons. The second kappa shape index (κ2) is 7.47. The van der Waals surface area contributed by atoms with Gasteiger partial charge in [0.05, 0.1) is 6.33 Å². The van der Waals surface area contributed by atoms with E-state index in [0.717, 1.165) is 24.3 Å². The first kappa shape index (κ1) is 15.1. The van der Waals surface area contributed by atoms with Crippen molar-refractivity contribution in [3.8, 4) is 5.75 Å². The molecule has 0 saturated carbocycles. The zero-order valence-corrected chi connectivity index (χ0v) is 12.5. The Labute approximate surface area is 125 Å². The molecule has 0 spiro atoms. The van der Waals surface area contributed by atoms with Crippen LogP contribution in [-0.2, 0) is 11.3 Å². The highest BCUT2D eigenvalue weighted by atomic mass is 16.5. The van der Waals surface area contributed by atoms with Crippen LogP contribution in [0.25, 0.3) is 0 Å².